The largest absolute Gasteiger partial charge is 0.418 e. The summed E-state index contributed by atoms with van der Waals surface area (Å²) in [5.74, 6) is 0.0104. The Morgan fingerprint density at radius 1 is 1.45 bits per heavy atom. The van der Waals surface area contributed by atoms with Gasteiger partial charge in [0.1, 0.15) is 0 Å². The Hall–Kier alpha value is -1.83. The van der Waals surface area contributed by atoms with E-state index in [1.807, 2.05) is 6.92 Å². The molecule has 0 saturated carbocycles. The van der Waals surface area contributed by atoms with Gasteiger partial charge in [0.2, 0.25) is 0 Å². The van der Waals surface area contributed by atoms with Crippen LogP contribution >= 0.6 is 0 Å². The third-order valence-corrected chi connectivity index (χ3v) is 2.61. The van der Waals surface area contributed by atoms with Crippen molar-refractivity contribution in [2.24, 2.45) is 5.92 Å². The molecule has 0 heterocycles. The molecule has 0 bridgehead atoms. The quantitative estimate of drug-likeness (QED) is 0.645. The number of alkyl halides is 3. The molecular formula is C12H15F3N2O3. The summed E-state index contributed by atoms with van der Waals surface area (Å²) in [6, 6.07) is 2.64. The predicted molar refractivity (Wildman–Crippen MR) is 67.6 cm³/mol. The van der Waals surface area contributed by atoms with Gasteiger partial charge < -0.3 is 10.1 Å². The van der Waals surface area contributed by atoms with Crippen molar-refractivity contribution in [3.8, 4) is 0 Å². The Kier molecular flexibility index (Phi) is 5.32. The molecule has 5 nitrogen and oxygen atoms in total. The Balaban J connectivity index is 2.98. The van der Waals surface area contributed by atoms with Gasteiger partial charge in [0.05, 0.1) is 17.1 Å². The van der Waals surface area contributed by atoms with Crippen molar-refractivity contribution in [3.05, 3.63) is 33.9 Å². The molecule has 0 fully saturated rings. The molecule has 1 rings (SSSR count). The van der Waals surface area contributed by atoms with Crippen molar-refractivity contribution in [1.82, 2.24) is 0 Å². The van der Waals surface area contributed by atoms with Crippen LogP contribution in [-0.4, -0.2) is 25.2 Å². The van der Waals surface area contributed by atoms with Gasteiger partial charge in [-0.15, -0.1) is 0 Å². The van der Waals surface area contributed by atoms with Gasteiger partial charge in [0, 0.05) is 31.5 Å². The summed E-state index contributed by atoms with van der Waals surface area (Å²) in [5.41, 5.74) is -1.81. The average Bonchev–Trinajstić information content (AvgIpc) is 2.35. The molecule has 0 aliphatic heterocycles. The third kappa shape index (κ3) is 4.37. The maximum Gasteiger partial charge on any atom is 0.418 e. The SMILES string of the molecule is COCC(C)CNc1ccc([N+](=O)[O-])cc1C(F)(F)F. The molecule has 0 amide bonds. The molecule has 20 heavy (non-hydrogen) atoms. The highest BCUT2D eigenvalue weighted by molar-refractivity contribution is 5.57. The van der Waals surface area contributed by atoms with Gasteiger partial charge in [-0.1, -0.05) is 6.92 Å². The van der Waals surface area contributed by atoms with Crippen LogP contribution in [0.25, 0.3) is 0 Å². The van der Waals surface area contributed by atoms with Gasteiger partial charge in [-0.25, -0.2) is 0 Å². The van der Waals surface area contributed by atoms with Crippen molar-refractivity contribution < 1.29 is 22.8 Å². The zero-order valence-electron chi connectivity index (χ0n) is 11.0. The lowest BCUT2D eigenvalue weighted by Gasteiger charge is -2.17. The lowest BCUT2D eigenvalue weighted by atomic mass is 10.1. The molecule has 1 aromatic rings. The van der Waals surface area contributed by atoms with Crippen LogP contribution in [0.2, 0.25) is 0 Å². The monoisotopic (exact) mass is 292 g/mol. The Morgan fingerprint density at radius 3 is 2.60 bits per heavy atom. The van der Waals surface area contributed by atoms with Crippen LogP contribution in [0, 0.1) is 16.0 Å². The standard InChI is InChI=1S/C12H15F3N2O3/c1-8(7-20-2)6-16-11-4-3-9(17(18)19)5-10(11)12(13,14)15/h3-5,8,16H,6-7H2,1-2H3. The third-order valence-electron chi connectivity index (χ3n) is 2.61. The smallest absolute Gasteiger partial charge is 0.384 e. The van der Waals surface area contributed by atoms with Crippen LogP contribution in [0.4, 0.5) is 24.5 Å². The Bertz CT molecular complexity index is 478. The van der Waals surface area contributed by atoms with E-state index in [1.54, 1.807) is 0 Å². The van der Waals surface area contributed by atoms with Gasteiger partial charge in [-0.3, -0.25) is 10.1 Å². The molecule has 0 aliphatic rings. The van der Waals surface area contributed by atoms with Gasteiger partial charge in [0.25, 0.3) is 5.69 Å². The summed E-state index contributed by atoms with van der Waals surface area (Å²) < 4.78 is 43.5. The van der Waals surface area contributed by atoms with E-state index in [4.69, 9.17) is 4.74 Å². The van der Waals surface area contributed by atoms with E-state index >= 15 is 0 Å². The number of non-ortho nitro benzene ring substituents is 1. The van der Waals surface area contributed by atoms with Crippen LogP contribution in [0.15, 0.2) is 18.2 Å². The average molecular weight is 292 g/mol. The van der Waals surface area contributed by atoms with Crippen LogP contribution in [0.3, 0.4) is 0 Å². The highest BCUT2D eigenvalue weighted by Gasteiger charge is 2.35. The Labute approximate surface area is 113 Å². The molecule has 0 spiro atoms. The highest BCUT2D eigenvalue weighted by Crippen LogP contribution is 2.37. The van der Waals surface area contributed by atoms with Crippen molar-refractivity contribution in [3.63, 3.8) is 0 Å². The first-order chi connectivity index (χ1) is 9.25. The van der Waals surface area contributed by atoms with E-state index in [2.05, 4.69) is 5.32 Å². The van der Waals surface area contributed by atoms with Gasteiger partial charge >= 0.3 is 6.18 Å². The number of rotatable bonds is 6. The van der Waals surface area contributed by atoms with E-state index in [9.17, 15) is 23.3 Å². The molecule has 0 saturated heterocycles. The van der Waals surface area contributed by atoms with E-state index < -0.39 is 22.4 Å². The fourth-order valence-electron chi connectivity index (χ4n) is 1.66. The lowest BCUT2D eigenvalue weighted by molar-refractivity contribution is -0.385. The molecule has 1 atom stereocenters. The normalized spacial score (nSPS) is 13.1. The first-order valence-electron chi connectivity index (χ1n) is 5.84. The van der Waals surface area contributed by atoms with Crippen LogP contribution in [0.1, 0.15) is 12.5 Å². The molecule has 0 radical (unpaired) electrons. The van der Waals surface area contributed by atoms with Gasteiger partial charge in [-0.2, -0.15) is 13.2 Å². The minimum atomic E-state index is -4.65. The molecule has 1 aromatic carbocycles. The van der Waals surface area contributed by atoms with E-state index in [0.29, 0.717) is 12.7 Å². The van der Waals surface area contributed by atoms with Crippen LogP contribution in [0.5, 0.6) is 0 Å². The zero-order chi connectivity index (χ0) is 15.3. The highest BCUT2D eigenvalue weighted by atomic mass is 19.4. The molecule has 112 valence electrons. The second-order valence-corrected chi connectivity index (χ2v) is 4.43. The molecule has 8 heteroatoms. The van der Waals surface area contributed by atoms with E-state index in [0.717, 1.165) is 12.1 Å². The van der Waals surface area contributed by atoms with Gasteiger partial charge in [-0.05, 0) is 12.0 Å². The van der Waals surface area contributed by atoms with Crippen molar-refractivity contribution >= 4 is 11.4 Å². The summed E-state index contributed by atoms with van der Waals surface area (Å²) >= 11 is 0. The fourth-order valence-corrected chi connectivity index (χ4v) is 1.66. The van der Waals surface area contributed by atoms with Crippen LogP contribution < -0.4 is 5.32 Å². The number of ether oxygens (including phenoxy) is 1. The minimum absolute atomic E-state index is 0.0104. The molecule has 1 N–H and O–H groups in total. The molecule has 1 unspecified atom stereocenters. The van der Waals surface area contributed by atoms with Crippen molar-refractivity contribution in [2.45, 2.75) is 13.1 Å². The second-order valence-electron chi connectivity index (χ2n) is 4.43. The summed E-state index contributed by atoms with van der Waals surface area (Å²) in [6.45, 7) is 2.49. The molecule has 0 aromatic heterocycles. The fraction of sp³-hybridized carbons (Fsp3) is 0.500. The van der Waals surface area contributed by atoms with Crippen LogP contribution in [-0.2, 0) is 10.9 Å². The van der Waals surface area contributed by atoms with Crippen molar-refractivity contribution in [2.75, 3.05) is 25.6 Å². The summed E-state index contributed by atoms with van der Waals surface area (Å²) in [6.07, 6.45) is -4.65. The number of anilines is 1. The topological polar surface area (TPSA) is 64.4 Å². The summed E-state index contributed by atoms with van der Waals surface area (Å²) in [7, 11) is 1.50. The Morgan fingerprint density at radius 2 is 2.10 bits per heavy atom. The summed E-state index contributed by atoms with van der Waals surface area (Å²) in [4.78, 5) is 9.69. The van der Waals surface area contributed by atoms with Crippen molar-refractivity contribution in [1.29, 1.82) is 0 Å². The molecule has 0 aliphatic carbocycles. The number of halogens is 3. The number of nitro benzene ring substituents is 1. The maximum atomic E-state index is 12.9. The predicted octanol–water partition coefficient (Wildman–Crippen LogP) is 3.31. The number of benzene rings is 1. The minimum Gasteiger partial charge on any atom is -0.384 e. The van der Waals surface area contributed by atoms with Gasteiger partial charge in [0.15, 0.2) is 0 Å². The van der Waals surface area contributed by atoms with E-state index in [1.165, 1.54) is 7.11 Å². The number of nitro groups is 1. The van der Waals surface area contributed by atoms with E-state index in [-0.39, 0.29) is 18.2 Å². The number of nitrogens with zero attached hydrogens (tertiary/aromatic N) is 1. The first kappa shape index (κ1) is 16.2. The number of nitrogens with one attached hydrogen (secondary N) is 1. The second kappa shape index (κ2) is 6.56. The molecular weight excluding hydrogens is 277 g/mol. The number of methoxy groups -OCH3 is 1. The zero-order valence-corrected chi connectivity index (χ0v) is 11.0. The summed E-state index contributed by atoms with van der Waals surface area (Å²) in [5, 5.41) is 13.2. The number of hydrogen-bond donors (Lipinski definition) is 1. The maximum absolute atomic E-state index is 12.9. The first-order valence-corrected chi connectivity index (χ1v) is 5.84. The lowest BCUT2D eigenvalue weighted by Crippen LogP contribution is -2.18. The number of hydrogen-bond acceptors (Lipinski definition) is 4.